The third-order valence-corrected chi connectivity index (χ3v) is 7.10. The van der Waals surface area contributed by atoms with Gasteiger partial charge in [0.05, 0.1) is 22.4 Å². The molecule has 3 aromatic rings. The fourth-order valence-electron chi connectivity index (χ4n) is 4.47. The van der Waals surface area contributed by atoms with Gasteiger partial charge in [0.25, 0.3) is 5.91 Å². The van der Waals surface area contributed by atoms with Gasteiger partial charge in [0, 0.05) is 19.1 Å². The molecule has 0 unspecified atom stereocenters. The van der Waals surface area contributed by atoms with Crippen molar-refractivity contribution in [1.82, 2.24) is 14.8 Å². The van der Waals surface area contributed by atoms with Crippen LogP contribution in [0.25, 0.3) is 10.2 Å². The number of rotatable bonds is 5. The van der Waals surface area contributed by atoms with Crippen molar-refractivity contribution in [3.8, 4) is 0 Å². The number of fused-ring (bicyclic) bond motifs is 1. The average Bonchev–Trinajstić information content (AvgIpc) is 3.33. The van der Waals surface area contributed by atoms with E-state index in [1.807, 2.05) is 37.3 Å². The van der Waals surface area contributed by atoms with E-state index in [0.717, 1.165) is 28.6 Å². The molecule has 33 heavy (non-hydrogen) atoms. The number of hydrogen-bond donors (Lipinski definition) is 1. The highest BCUT2D eigenvalue weighted by atomic mass is 32.1. The highest BCUT2D eigenvalue weighted by molar-refractivity contribution is 7.22. The maximum absolute atomic E-state index is 12.9. The first-order chi connectivity index (χ1) is 16.0. The summed E-state index contributed by atoms with van der Waals surface area (Å²) in [6.07, 6.45) is 1.46. The highest BCUT2D eigenvalue weighted by Crippen LogP contribution is 2.28. The van der Waals surface area contributed by atoms with E-state index in [2.05, 4.69) is 21.3 Å². The van der Waals surface area contributed by atoms with Crippen molar-refractivity contribution >= 4 is 50.2 Å². The molecule has 0 aliphatic carbocycles. The van der Waals surface area contributed by atoms with E-state index in [1.54, 1.807) is 17.0 Å². The van der Waals surface area contributed by atoms with Crippen LogP contribution in [0.5, 0.6) is 0 Å². The number of piperidine rings is 1. The zero-order chi connectivity index (χ0) is 22.9. The zero-order valence-electron chi connectivity index (χ0n) is 18.4. The summed E-state index contributed by atoms with van der Waals surface area (Å²) < 4.78 is 1.06. The number of carbonyl (C=O) groups excluding carboxylic acids is 3. The van der Waals surface area contributed by atoms with Crippen molar-refractivity contribution in [2.24, 2.45) is 0 Å². The molecule has 2 aliphatic rings. The number of nitrogens with zero attached hydrogens (tertiary/aromatic N) is 4. The Morgan fingerprint density at radius 1 is 1.12 bits per heavy atom. The molecule has 0 bridgehead atoms. The van der Waals surface area contributed by atoms with Crippen molar-refractivity contribution in [2.75, 3.05) is 36.4 Å². The summed E-state index contributed by atoms with van der Waals surface area (Å²) >= 11 is 1.48. The molecular formula is C24H25N5O3S. The summed E-state index contributed by atoms with van der Waals surface area (Å²) in [5, 5.41) is 3.52. The predicted molar refractivity (Wildman–Crippen MR) is 128 cm³/mol. The Morgan fingerprint density at radius 3 is 2.64 bits per heavy atom. The monoisotopic (exact) mass is 463 g/mol. The number of para-hydroxylation sites is 1. The Kier molecular flexibility index (Phi) is 5.82. The Balaban J connectivity index is 1.14. The summed E-state index contributed by atoms with van der Waals surface area (Å²) in [6.45, 7) is 3.81. The highest BCUT2D eigenvalue weighted by Gasteiger charge is 2.41. The van der Waals surface area contributed by atoms with E-state index in [1.165, 1.54) is 16.2 Å². The Labute approximate surface area is 195 Å². The van der Waals surface area contributed by atoms with Gasteiger partial charge < -0.3 is 10.2 Å². The normalized spacial score (nSPS) is 17.8. The third kappa shape index (κ3) is 4.46. The molecule has 8 nitrogen and oxygen atoms in total. The minimum atomic E-state index is -0.256. The summed E-state index contributed by atoms with van der Waals surface area (Å²) in [6, 6.07) is 14.8. The number of likely N-dealkylation sites (tertiary alicyclic amines) is 1. The predicted octanol–water partition coefficient (Wildman–Crippen LogP) is 3.48. The van der Waals surface area contributed by atoms with E-state index < -0.39 is 0 Å². The van der Waals surface area contributed by atoms with Gasteiger partial charge in [-0.05, 0) is 49.6 Å². The number of nitrogens with one attached hydrogen (secondary N) is 1. The van der Waals surface area contributed by atoms with Crippen LogP contribution in [0.2, 0.25) is 0 Å². The molecule has 9 heteroatoms. The summed E-state index contributed by atoms with van der Waals surface area (Å²) in [5.74, 6) is -0.286. The van der Waals surface area contributed by atoms with Crippen LogP contribution in [0.15, 0.2) is 48.5 Å². The van der Waals surface area contributed by atoms with Gasteiger partial charge in [-0.15, -0.1) is 0 Å². The number of hydrogen-bond acceptors (Lipinski definition) is 6. The molecule has 4 amide bonds. The summed E-state index contributed by atoms with van der Waals surface area (Å²) in [5.41, 5.74) is 2.65. The second kappa shape index (κ2) is 8.92. The first-order valence-electron chi connectivity index (χ1n) is 11.1. The zero-order valence-corrected chi connectivity index (χ0v) is 19.2. The second-order valence-corrected chi connectivity index (χ2v) is 9.55. The molecule has 0 atom stereocenters. The van der Waals surface area contributed by atoms with Crippen LogP contribution in [0, 0.1) is 6.92 Å². The number of aromatic nitrogens is 1. The van der Waals surface area contributed by atoms with Crippen LogP contribution in [-0.4, -0.2) is 64.9 Å². The van der Waals surface area contributed by atoms with Crippen molar-refractivity contribution in [1.29, 1.82) is 0 Å². The van der Waals surface area contributed by atoms with Gasteiger partial charge in [-0.25, -0.2) is 14.7 Å². The lowest BCUT2D eigenvalue weighted by Crippen LogP contribution is -2.48. The molecule has 2 saturated heterocycles. The van der Waals surface area contributed by atoms with Gasteiger partial charge in [0.15, 0.2) is 5.13 Å². The molecular weight excluding hydrogens is 438 g/mol. The van der Waals surface area contributed by atoms with Crippen LogP contribution in [0.1, 0.15) is 18.4 Å². The van der Waals surface area contributed by atoms with Gasteiger partial charge in [0.1, 0.15) is 6.54 Å². The van der Waals surface area contributed by atoms with Crippen LogP contribution in [0.4, 0.5) is 15.6 Å². The van der Waals surface area contributed by atoms with E-state index in [4.69, 9.17) is 0 Å². The first-order valence-corrected chi connectivity index (χ1v) is 11.9. The lowest BCUT2D eigenvalue weighted by atomic mass is 10.0. The molecule has 2 aliphatic heterocycles. The Hall–Kier alpha value is -3.30. The maximum atomic E-state index is 12.9. The second-order valence-electron chi connectivity index (χ2n) is 8.52. The van der Waals surface area contributed by atoms with Crippen molar-refractivity contribution in [2.45, 2.75) is 25.8 Å². The summed E-state index contributed by atoms with van der Waals surface area (Å²) in [4.78, 5) is 47.5. The van der Waals surface area contributed by atoms with E-state index in [-0.39, 0.29) is 37.0 Å². The van der Waals surface area contributed by atoms with E-state index >= 15 is 0 Å². The Bertz CT molecular complexity index is 1200. The number of thiazole rings is 1. The molecule has 1 N–H and O–H groups in total. The molecule has 2 fully saturated rings. The minimum absolute atomic E-state index is 0.00183. The number of benzene rings is 2. The first kappa shape index (κ1) is 21.5. The molecule has 170 valence electrons. The van der Waals surface area contributed by atoms with Gasteiger partial charge in [-0.1, -0.05) is 35.6 Å². The topological polar surface area (TPSA) is 85.8 Å². The van der Waals surface area contributed by atoms with Gasteiger partial charge in [0.2, 0.25) is 5.91 Å². The number of aryl methyl sites for hydroxylation is 1. The van der Waals surface area contributed by atoms with Crippen molar-refractivity contribution in [3.05, 3.63) is 54.1 Å². The number of carbonyl (C=O) groups is 3. The molecule has 0 saturated carbocycles. The van der Waals surface area contributed by atoms with Crippen LogP contribution >= 0.6 is 11.3 Å². The van der Waals surface area contributed by atoms with Gasteiger partial charge in [-0.2, -0.15) is 0 Å². The molecule has 5 rings (SSSR count). The Morgan fingerprint density at radius 2 is 1.88 bits per heavy atom. The van der Waals surface area contributed by atoms with E-state index in [9.17, 15) is 14.4 Å². The van der Waals surface area contributed by atoms with Crippen LogP contribution in [0.3, 0.4) is 0 Å². The number of imide groups is 1. The van der Waals surface area contributed by atoms with E-state index in [0.29, 0.717) is 23.9 Å². The van der Waals surface area contributed by atoms with Gasteiger partial charge in [-0.3, -0.25) is 14.5 Å². The maximum Gasteiger partial charge on any atom is 0.332 e. The summed E-state index contributed by atoms with van der Waals surface area (Å²) in [7, 11) is 0. The molecule has 0 radical (unpaired) electrons. The molecule has 0 spiro atoms. The fourth-order valence-corrected chi connectivity index (χ4v) is 5.45. The molecule has 1 aromatic heterocycles. The quantitative estimate of drug-likeness (QED) is 0.586. The average molecular weight is 464 g/mol. The van der Waals surface area contributed by atoms with Crippen molar-refractivity contribution in [3.63, 3.8) is 0 Å². The fraction of sp³-hybridized carbons (Fsp3) is 0.333. The molecule has 3 heterocycles. The van der Waals surface area contributed by atoms with Gasteiger partial charge >= 0.3 is 6.03 Å². The van der Waals surface area contributed by atoms with Crippen LogP contribution in [-0.2, 0) is 9.59 Å². The minimum Gasteiger partial charge on any atom is -0.312 e. The lowest BCUT2D eigenvalue weighted by molar-refractivity contribution is -0.117. The van der Waals surface area contributed by atoms with Crippen LogP contribution < -0.4 is 10.2 Å². The number of anilines is 2. The smallest absolute Gasteiger partial charge is 0.312 e. The molecule has 2 aromatic carbocycles. The van der Waals surface area contributed by atoms with Crippen molar-refractivity contribution < 1.29 is 14.4 Å². The number of urea groups is 1. The standard InChI is InChI=1S/C24H25N5O3S/c1-16-7-8-19-20(13-16)33-23(25-19)26-21(30)14-27-11-9-17(10-12-27)28-15-22(31)29(24(28)32)18-5-3-2-4-6-18/h2-8,13,17H,9-12,14-15H2,1H3,(H,25,26,30). The third-order valence-electron chi connectivity index (χ3n) is 6.16. The number of amides is 4. The largest absolute Gasteiger partial charge is 0.332 e. The SMILES string of the molecule is Cc1ccc2nc(NC(=O)CN3CCC(N4CC(=O)N(c5ccccc5)C4=O)CC3)sc2c1. The lowest BCUT2D eigenvalue weighted by Gasteiger charge is -2.35.